The van der Waals surface area contributed by atoms with Crippen LogP contribution in [0.3, 0.4) is 0 Å². The van der Waals surface area contributed by atoms with Gasteiger partial charge in [0.1, 0.15) is 5.82 Å². The average Bonchev–Trinajstić information content (AvgIpc) is 3.23. The molecule has 2 aliphatic heterocycles. The van der Waals surface area contributed by atoms with Gasteiger partial charge in [0.15, 0.2) is 11.5 Å². The number of aliphatic hydroxyl groups is 1. The normalized spacial score (nSPS) is 20.4. The Hall–Kier alpha value is -3.68. The molecule has 4 heterocycles. The zero-order chi connectivity index (χ0) is 23.8. The molecular weight excluding hydrogens is 432 g/mol. The minimum atomic E-state index is -1.20. The number of nitrogens with zero attached hydrogens (tertiary/aromatic N) is 7. The van der Waals surface area contributed by atoms with Crippen LogP contribution in [0.1, 0.15) is 36.1 Å². The monoisotopic (exact) mass is 460 g/mol. The molecule has 1 unspecified atom stereocenters. The summed E-state index contributed by atoms with van der Waals surface area (Å²) in [5, 5.41) is 11.9. The zero-order valence-corrected chi connectivity index (χ0v) is 19.3. The number of aliphatic hydroxyl groups excluding tert-OH is 1. The lowest BCUT2D eigenvalue weighted by Crippen LogP contribution is -2.54. The third-order valence-corrected chi connectivity index (χ3v) is 6.36. The molecule has 0 radical (unpaired) electrons. The van der Waals surface area contributed by atoms with E-state index in [9.17, 15) is 9.90 Å². The number of hydrogen-bond donors (Lipinski definition) is 2. The number of carbonyl (C=O) groups excluding carboxylic acids is 1. The second-order valence-electron chi connectivity index (χ2n) is 8.68. The Labute approximate surface area is 198 Å². The Bertz CT molecular complexity index is 1290. The number of nitrogens with two attached hydrogens (primary N) is 1. The molecule has 10 nitrogen and oxygen atoms in total. The number of anilines is 2. The van der Waals surface area contributed by atoms with Crippen LogP contribution in [0, 0.1) is 11.8 Å². The summed E-state index contributed by atoms with van der Waals surface area (Å²) in [4.78, 5) is 32.5. The molecule has 10 heteroatoms. The van der Waals surface area contributed by atoms with E-state index in [0.717, 1.165) is 30.3 Å². The first-order valence-electron chi connectivity index (χ1n) is 11.4. The summed E-state index contributed by atoms with van der Waals surface area (Å²) in [5.41, 5.74) is 7.39. The van der Waals surface area contributed by atoms with Crippen molar-refractivity contribution in [2.75, 3.05) is 29.9 Å². The summed E-state index contributed by atoms with van der Waals surface area (Å²) < 4.78 is 1.84. The number of imidazole rings is 1. The standard InChI is InChI=1S/C24H28N8O2/c1-3-4-12-31-20-21(28-23(31)30-11-7-9-17(25)14-30)29(2)24(34)32(22(20)33)15-19-26-13-16-8-5-6-10-18(16)27-19/h5-6,8,10,13,17,24,34H,7,9,11-12,14-15,25H2,1-2H3/t17-,24?/m1/s1. The minimum Gasteiger partial charge on any atom is -0.356 e. The molecule has 176 valence electrons. The maximum absolute atomic E-state index is 13.7. The second-order valence-corrected chi connectivity index (χ2v) is 8.68. The number of carbonyl (C=O) groups is 1. The third-order valence-electron chi connectivity index (χ3n) is 6.36. The quantitative estimate of drug-likeness (QED) is 0.557. The van der Waals surface area contributed by atoms with Crippen LogP contribution in [-0.2, 0) is 13.1 Å². The van der Waals surface area contributed by atoms with Crippen LogP contribution in [0.2, 0.25) is 0 Å². The van der Waals surface area contributed by atoms with Crippen molar-refractivity contribution in [2.24, 2.45) is 5.73 Å². The first kappa shape index (κ1) is 22.1. The van der Waals surface area contributed by atoms with Crippen molar-refractivity contribution in [3.05, 3.63) is 42.0 Å². The molecule has 0 aliphatic carbocycles. The fourth-order valence-corrected chi connectivity index (χ4v) is 4.58. The fourth-order valence-electron chi connectivity index (χ4n) is 4.58. The molecule has 0 saturated carbocycles. The maximum Gasteiger partial charge on any atom is 0.278 e. The van der Waals surface area contributed by atoms with Crippen molar-refractivity contribution in [1.29, 1.82) is 0 Å². The van der Waals surface area contributed by atoms with Crippen LogP contribution in [0.15, 0.2) is 30.5 Å². The van der Waals surface area contributed by atoms with Gasteiger partial charge in [0, 0.05) is 37.8 Å². The first-order valence-corrected chi connectivity index (χ1v) is 11.4. The predicted molar refractivity (Wildman–Crippen MR) is 129 cm³/mol. The molecule has 2 atom stereocenters. The Balaban J connectivity index is 1.53. The molecule has 1 aromatic carbocycles. The van der Waals surface area contributed by atoms with Gasteiger partial charge in [-0.05, 0) is 25.8 Å². The van der Waals surface area contributed by atoms with Crippen molar-refractivity contribution in [2.45, 2.75) is 45.2 Å². The van der Waals surface area contributed by atoms with Crippen molar-refractivity contribution >= 4 is 28.6 Å². The third kappa shape index (κ3) is 3.83. The Morgan fingerprint density at radius 2 is 2.09 bits per heavy atom. The van der Waals surface area contributed by atoms with E-state index in [1.165, 1.54) is 4.90 Å². The smallest absolute Gasteiger partial charge is 0.278 e. The van der Waals surface area contributed by atoms with Crippen LogP contribution in [-0.4, -0.2) is 68.0 Å². The largest absolute Gasteiger partial charge is 0.356 e. The van der Waals surface area contributed by atoms with Crippen LogP contribution < -0.4 is 15.5 Å². The van der Waals surface area contributed by atoms with Gasteiger partial charge in [0.25, 0.3) is 5.91 Å². The van der Waals surface area contributed by atoms with Gasteiger partial charge >= 0.3 is 0 Å². The number of amides is 1. The summed E-state index contributed by atoms with van der Waals surface area (Å²) in [6.45, 7) is 3.60. The highest BCUT2D eigenvalue weighted by atomic mass is 16.3. The van der Waals surface area contributed by atoms with Gasteiger partial charge in [-0.2, -0.15) is 4.98 Å². The Morgan fingerprint density at radius 1 is 1.26 bits per heavy atom. The van der Waals surface area contributed by atoms with E-state index in [-0.39, 0.29) is 18.5 Å². The zero-order valence-electron chi connectivity index (χ0n) is 19.3. The number of piperidine rings is 1. The highest BCUT2D eigenvalue weighted by molar-refractivity contribution is 6.00. The molecule has 3 N–H and O–H groups in total. The highest BCUT2D eigenvalue weighted by Gasteiger charge is 2.41. The summed E-state index contributed by atoms with van der Waals surface area (Å²) in [7, 11) is 1.72. The Morgan fingerprint density at radius 3 is 2.88 bits per heavy atom. The maximum atomic E-state index is 13.7. The summed E-state index contributed by atoms with van der Waals surface area (Å²) in [6.07, 6.45) is 2.44. The lowest BCUT2D eigenvalue weighted by atomic mass is 10.1. The first-order chi connectivity index (χ1) is 16.5. The summed E-state index contributed by atoms with van der Waals surface area (Å²) >= 11 is 0. The van der Waals surface area contributed by atoms with Crippen LogP contribution in [0.4, 0.5) is 11.8 Å². The number of aromatic nitrogens is 4. The topological polar surface area (TPSA) is 117 Å². The number of para-hydroxylation sites is 1. The SMILES string of the molecule is CC#CCn1c(N2CCC[C@@H](N)C2)nc2c1C(=O)N(Cc1ncc3ccccc3n1)C(O)N2C. The molecule has 3 aromatic rings. The van der Waals surface area contributed by atoms with Crippen LogP contribution >= 0.6 is 0 Å². The molecule has 0 bridgehead atoms. The van der Waals surface area contributed by atoms with Crippen molar-refractivity contribution in [3.8, 4) is 11.8 Å². The molecule has 1 saturated heterocycles. The molecular formula is C24H28N8O2. The Kier molecular flexibility index (Phi) is 5.81. The molecule has 34 heavy (non-hydrogen) atoms. The van der Waals surface area contributed by atoms with Gasteiger partial charge in [0.05, 0.1) is 18.6 Å². The molecule has 1 fully saturated rings. The van der Waals surface area contributed by atoms with Crippen LogP contribution in [0.25, 0.3) is 10.9 Å². The van der Waals surface area contributed by atoms with E-state index in [0.29, 0.717) is 36.4 Å². The number of fused-ring (bicyclic) bond motifs is 2. The van der Waals surface area contributed by atoms with E-state index in [1.807, 2.05) is 28.8 Å². The van der Waals surface area contributed by atoms with Crippen molar-refractivity contribution < 1.29 is 9.90 Å². The molecule has 2 aliphatic rings. The van der Waals surface area contributed by atoms with Gasteiger partial charge in [-0.15, -0.1) is 5.92 Å². The van der Waals surface area contributed by atoms with Gasteiger partial charge in [-0.3, -0.25) is 14.3 Å². The van der Waals surface area contributed by atoms with Crippen molar-refractivity contribution in [1.82, 2.24) is 24.4 Å². The highest BCUT2D eigenvalue weighted by Crippen LogP contribution is 2.34. The van der Waals surface area contributed by atoms with Gasteiger partial charge in [-0.1, -0.05) is 24.1 Å². The molecule has 1 amide bonds. The molecule has 5 rings (SSSR count). The summed E-state index contributed by atoms with van der Waals surface area (Å²) in [6, 6.07) is 7.71. The lowest BCUT2D eigenvalue weighted by Gasteiger charge is -2.38. The van der Waals surface area contributed by atoms with Crippen LogP contribution in [0.5, 0.6) is 0 Å². The lowest BCUT2D eigenvalue weighted by molar-refractivity contribution is -0.00182. The van der Waals surface area contributed by atoms with Crippen molar-refractivity contribution in [3.63, 3.8) is 0 Å². The second kappa shape index (κ2) is 8.93. The summed E-state index contributed by atoms with van der Waals surface area (Å²) in [5.74, 6) is 7.16. The van der Waals surface area contributed by atoms with E-state index in [4.69, 9.17) is 10.7 Å². The van der Waals surface area contributed by atoms with Gasteiger partial charge < -0.3 is 20.6 Å². The van der Waals surface area contributed by atoms with E-state index >= 15 is 0 Å². The average molecular weight is 461 g/mol. The molecule has 0 spiro atoms. The minimum absolute atomic E-state index is 0.0498. The number of rotatable bonds is 4. The van der Waals surface area contributed by atoms with E-state index < -0.39 is 6.35 Å². The van der Waals surface area contributed by atoms with Gasteiger partial charge in [0.2, 0.25) is 12.3 Å². The predicted octanol–water partition coefficient (Wildman–Crippen LogP) is 1.15. The van der Waals surface area contributed by atoms with Gasteiger partial charge in [-0.25, -0.2) is 9.97 Å². The number of benzene rings is 1. The molecule has 2 aromatic heterocycles. The van der Waals surface area contributed by atoms with E-state index in [1.54, 1.807) is 25.1 Å². The van der Waals surface area contributed by atoms with E-state index in [2.05, 4.69) is 26.7 Å². The number of hydrogen-bond acceptors (Lipinski definition) is 8. The fraction of sp³-hybridized carbons (Fsp3) is 0.417.